The van der Waals surface area contributed by atoms with E-state index in [1.807, 2.05) is 6.07 Å². The number of guanidine groups is 1. The molecule has 5 heteroatoms. The van der Waals surface area contributed by atoms with Gasteiger partial charge in [-0.3, -0.25) is 4.99 Å². The Bertz CT molecular complexity index is 786. The highest BCUT2D eigenvalue weighted by Gasteiger charge is 2.05. The van der Waals surface area contributed by atoms with Crippen LogP contribution in [-0.4, -0.2) is 19.6 Å². The number of hydrogen-bond donors (Lipinski definition) is 2. The Morgan fingerprint density at radius 1 is 1.12 bits per heavy atom. The van der Waals surface area contributed by atoms with Gasteiger partial charge in [0.25, 0.3) is 0 Å². The first-order chi connectivity index (χ1) is 12.0. The molecule has 2 aromatic rings. The van der Waals surface area contributed by atoms with Gasteiger partial charge in [0, 0.05) is 25.7 Å². The van der Waals surface area contributed by atoms with Crippen LogP contribution in [0.2, 0.25) is 0 Å². The standard InChI is InChI=1S/C20H23FN4/c1-14-8-15(2)10-16(9-14)6-7-24-20(23-3)25-13-18-11-17(12-22)4-5-19(18)21/h4-5,8-11H,6-7,13H2,1-3H3,(H2,23,24,25). The first kappa shape index (κ1) is 18.5. The van der Waals surface area contributed by atoms with Crippen molar-refractivity contribution in [1.29, 1.82) is 5.26 Å². The number of hydrogen-bond acceptors (Lipinski definition) is 2. The summed E-state index contributed by atoms with van der Waals surface area (Å²) in [6.07, 6.45) is 0.876. The first-order valence-electron chi connectivity index (χ1n) is 8.22. The largest absolute Gasteiger partial charge is 0.356 e. The molecule has 0 fully saturated rings. The van der Waals surface area contributed by atoms with E-state index in [9.17, 15) is 4.39 Å². The van der Waals surface area contributed by atoms with Crippen molar-refractivity contribution in [2.75, 3.05) is 13.6 Å². The van der Waals surface area contributed by atoms with Crippen molar-refractivity contribution in [2.45, 2.75) is 26.8 Å². The molecule has 0 radical (unpaired) electrons. The van der Waals surface area contributed by atoms with Gasteiger partial charge in [-0.25, -0.2) is 4.39 Å². The van der Waals surface area contributed by atoms with E-state index in [4.69, 9.17) is 5.26 Å². The van der Waals surface area contributed by atoms with Crippen LogP contribution in [0.5, 0.6) is 0 Å². The molecule has 0 saturated heterocycles. The molecule has 0 bridgehead atoms. The predicted molar refractivity (Wildman–Crippen MR) is 98.9 cm³/mol. The van der Waals surface area contributed by atoms with Crippen molar-refractivity contribution in [3.05, 3.63) is 70.0 Å². The fourth-order valence-electron chi connectivity index (χ4n) is 2.72. The molecule has 4 nitrogen and oxygen atoms in total. The lowest BCUT2D eigenvalue weighted by Crippen LogP contribution is -2.38. The van der Waals surface area contributed by atoms with E-state index >= 15 is 0 Å². The third-order valence-electron chi connectivity index (χ3n) is 3.83. The van der Waals surface area contributed by atoms with Crippen LogP contribution in [0.25, 0.3) is 0 Å². The molecule has 130 valence electrons. The summed E-state index contributed by atoms with van der Waals surface area (Å²) in [6.45, 7) is 5.18. The number of nitrogens with zero attached hydrogens (tertiary/aromatic N) is 2. The minimum absolute atomic E-state index is 0.268. The number of nitrogens with one attached hydrogen (secondary N) is 2. The number of halogens is 1. The third kappa shape index (κ3) is 5.61. The minimum atomic E-state index is -0.336. The second kappa shape index (κ2) is 8.84. The zero-order valence-electron chi connectivity index (χ0n) is 14.9. The smallest absolute Gasteiger partial charge is 0.191 e. The molecule has 0 aliphatic carbocycles. The van der Waals surface area contributed by atoms with Crippen LogP contribution in [0.1, 0.15) is 27.8 Å². The van der Waals surface area contributed by atoms with Crippen LogP contribution < -0.4 is 10.6 Å². The van der Waals surface area contributed by atoms with E-state index in [1.165, 1.54) is 28.8 Å². The van der Waals surface area contributed by atoms with E-state index < -0.39 is 0 Å². The molecule has 0 amide bonds. The van der Waals surface area contributed by atoms with Crippen LogP contribution in [0, 0.1) is 31.0 Å². The maximum absolute atomic E-state index is 13.8. The van der Waals surface area contributed by atoms with E-state index in [2.05, 4.69) is 47.7 Å². The summed E-state index contributed by atoms with van der Waals surface area (Å²) in [5.41, 5.74) is 4.66. The molecule has 25 heavy (non-hydrogen) atoms. The summed E-state index contributed by atoms with van der Waals surface area (Å²) in [5.74, 6) is 0.267. The predicted octanol–water partition coefficient (Wildman–Crippen LogP) is 3.22. The van der Waals surface area contributed by atoms with Crippen molar-refractivity contribution in [3.63, 3.8) is 0 Å². The lowest BCUT2D eigenvalue weighted by molar-refractivity contribution is 0.604. The highest BCUT2D eigenvalue weighted by molar-refractivity contribution is 5.79. The third-order valence-corrected chi connectivity index (χ3v) is 3.83. The second-order valence-corrected chi connectivity index (χ2v) is 6.02. The molecule has 0 saturated carbocycles. The Labute approximate surface area is 148 Å². The number of aliphatic imine (C=N–C) groups is 1. The molecule has 0 unspecified atom stereocenters. The number of benzene rings is 2. The minimum Gasteiger partial charge on any atom is -0.356 e. The number of rotatable bonds is 5. The zero-order chi connectivity index (χ0) is 18.2. The molecule has 0 spiro atoms. The molecule has 0 aromatic heterocycles. The molecule has 0 aliphatic rings. The fraction of sp³-hybridized carbons (Fsp3) is 0.300. The lowest BCUT2D eigenvalue weighted by atomic mass is 10.1. The summed E-state index contributed by atoms with van der Waals surface area (Å²) in [4.78, 5) is 4.15. The van der Waals surface area contributed by atoms with Crippen molar-refractivity contribution in [1.82, 2.24) is 10.6 Å². The van der Waals surface area contributed by atoms with Crippen LogP contribution in [-0.2, 0) is 13.0 Å². The highest BCUT2D eigenvalue weighted by Crippen LogP contribution is 2.10. The van der Waals surface area contributed by atoms with Gasteiger partial charge in [-0.15, -0.1) is 0 Å². The van der Waals surface area contributed by atoms with Crippen molar-refractivity contribution in [2.24, 2.45) is 4.99 Å². The topological polar surface area (TPSA) is 60.2 Å². The van der Waals surface area contributed by atoms with Gasteiger partial charge in [0.15, 0.2) is 5.96 Å². The van der Waals surface area contributed by atoms with Gasteiger partial charge in [0.1, 0.15) is 5.82 Å². The van der Waals surface area contributed by atoms with Crippen LogP contribution >= 0.6 is 0 Å². The van der Waals surface area contributed by atoms with Crippen molar-refractivity contribution in [3.8, 4) is 6.07 Å². The fourth-order valence-corrected chi connectivity index (χ4v) is 2.72. The zero-order valence-corrected chi connectivity index (χ0v) is 14.9. The Morgan fingerprint density at radius 2 is 1.84 bits per heavy atom. The number of aryl methyl sites for hydroxylation is 2. The molecule has 2 N–H and O–H groups in total. The summed E-state index contributed by atoms with van der Waals surface area (Å²) >= 11 is 0. The highest BCUT2D eigenvalue weighted by atomic mass is 19.1. The van der Waals surface area contributed by atoms with Gasteiger partial charge >= 0.3 is 0 Å². The maximum Gasteiger partial charge on any atom is 0.191 e. The molecular formula is C20H23FN4. The van der Waals surface area contributed by atoms with E-state index in [1.54, 1.807) is 13.1 Å². The molecule has 0 aliphatic heterocycles. The van der Waals surface area contributed by atoms with E-state index in [0.29, 0.717) is 17.1 Å². The van der Waals surface area contributed by atoms with Gasteiger partial charge in [-0.05, 0) is 44.0 Å². The maximum atomic E-state index is 13.8. The molecule has 0 atom stereocenters. The van der Waals surface area contributed by atoms with Crippen molar-refractivity contribution >= 4 is 5.96 Å². The first-order valence-corrected chi connectivity index (χ1v) is 8.22. The van der Waals surface area contributed by atoms with Gasteiger partial charge in [-0.1, -0.05) is 29.3 Å². The Balaban J connectivity index is 1.88. The number of nitriles is 1. The summed E-state index contributed by atoms with van der Waals surface area (Å²) in [6, 6.07) is 12.8. The van der Waals surface area contributed by atoms with Gasteiger partial charge < -0.3 is 10.6 Å². The SMILES string of the molecule is CN=C(NCCc1cc(C)cc(C)c1)NCc1cc(C#N)ccc1F. The Kier molecular flexibility index (Phi) is 6.53. The lowest BCUT2D eigenvalue weighted by Gasteiger charge is -2.13. The normalized spacial score (nSPS) is 11.1. The van der Waals surface area contributed by atoms with Crippen LogP contribution in [0.15, 0.2) is 41.4 Å². The molecule has 2 rings (SSSR count). The Morgan fingerprint density at radius 3 is 2.48 bits per heavy atom. The average Bonchev–Trinajstić information content (AvgIpc) is 2.58. The van der Waals surface area contributed by atoms with Crippen molar-refractivity contribution < 1.29 is 4.39 Å². The van der Waals surface area contributed by atoms with Crippen LogP contribution in [0.4, 0.5) is 4.39 Å². The van der Waals surface area contributed by atoms with Gasteiger partial charge in [0.2, 0.25) is 0 Å². The van der Waals surface area contributed by atoms with Gasteiger partial charge in [-0.2, -0.15) is 5.26 Å². The molecular weight excluding hydrogens is 315 g/mol. The molecule has 0 heterocycles. The van der Waals surface area contributed by atoms with E-state index in [0.717, 1.165) is 13.0 Å². The second-order valence-electron chi connectivity index (χ2n) is 6.02. The monoisotopic (exact) mass is 338 g/mol. The van der Waals surface area contributed by atoms with E-state index in [-0.39, 0.29) is 12.4 Å². The summed E-state index contributed by atoms with van der Waals surface area (Å²) in [7, 11) is 1.67. The quantitative estimate of drug-likeness (QED) is 0.650. The molecule has 2 aromatic carbocycles. The summed E-state index contributed by atoms with van der Waals surface area (Å²) < 4.78 is 13.8. The van der Waals surface area contributed by atoms with Crippen LogP contribution in [0.3, 0.4) is 0 Å². The Hall–Kier alpha value is -2.87. The van der Waals surface area contributed by atoms with Gasteiger partial charge in [0.05, 0.1) is 11.6 Å². The summed E-state index contributed by atoms with van der Waals surface area (Å²) in [5, 5.41) is 15.2. The average molecular weight is 338 g/mol.